The molecule has 1 aromatic heterocycles. The van der Waals surface area contributed by atoms with Crippen molar-refractivity contribution in [3.63, 3.8) is 0 Å². The molecular weight excluding hydrogens is 450 g/mol. The Kier molecular flexibility index (Phi) is 7.58. The lowest BCUT2D eigenvalue weighted by molar-refractivity contribution is -0.121. The summed E-state index contributed by atoms with van der Waals surface area (Å²) in [6, 6.07) is 14.7. The summed E-state index contributed by atoms with van der Waals surface area (Å²) in [5.74, 6) is 0.697. The van der Waals surface area contributed by atoms with Crippen LogP contribution in [0.1, 0.15) is 45.1 Å². The third-order valence-corrected chi connectivity index (χ3v) is 7.94. The van der Waals surface area contributed by atoms with Gasteiger partial charge in [0.1, 0.15) is 12.3 Å². The zero-order chi connectivity index (χ0) is 24.1. The number of carbonyl (C=O) groups is 1. The van der Waals surface area contributed by atoms with Crippen molar-refractivity contribution in [2.75, 3.05) is 13.1 Å². The zero-order valence-corrected chi connectivity index (χ0v) is 20.7. The van der Waals surface area contributed by atoms with Gasteiger partial charge in [-0.3, -0.25) is 4.79 Å². The molecule has 0 saturated carbocycles. The molecule has 0 unspecified atom stereocenters. The van der Waals surface area contributed by atoms with Gasteiger partial charge < -0.3 is 14.6 Å². The molecule has 1 aliphatic rings. The Balaban J connectivity index is 1.39. The molecular formula is C26H33N3O4S. The number of aromatic nitrogens is 1. The van der Waals surface area contributed by atoms with Gasteiger partial charge in [0.25, 0.3) is 0 Å². The van der Waals surface area contributed by atoms with Crippen LogP contribution < -0.4 is 10.1 Å². The van der Waals surface area contributed by atoms with Crippen LogP contribution in [-0.2, 0) is 27.9 Å². The summed E-state index contributed by atoms with van der Waals surface area (Å²) < 4.78 is 35.3. The van der Waals surface area contributed by atoms with E-state index in [1.165, 1.54) is 0 Å². The number of nitrogens with one attached hydrogen (secondary N) is 1. The number of fused-ring (bicyclic) bond motifs is 1. The first-order chi connectivity index (χ1) is 16.3. The second-order valence-electron chi connectivity index (χ2n) is 9.07. The topological polar surface area (TPSA) is 80.6 Å². The maximum absolute atomic E-state index is 13.1. The van der Waals surface area contributed by atoms with Gasteiger partial charge in [0.05, 0.1) is 11.0 Å². The number of benzene rings is 2. The highest BCUT2D eigenvalue weighted by molar-refractivity contribution is 7.89. The number of sulfonamides is 1. The number of carbonyl (C=O) groups excluding carboxylic acids is 1. The predicted octanol–water partition coefficient (Wildman–Crippen LogP) is 4.31. The number of hydrogen-bond donors (Lipinski definition) is 1. The van der Waals surface area contributed by atoms with Crippen LogP contribution in [0.25, 0.3) is 10.9 Å². The van der Waals surface area contributed by atoms with Gasteiger partial charge in [-0.2, -0.15) is 4.31 Å². The molecule has 1 aliphatic heterocycles. The van der Waals surface area contributed by atoms with Crippen LogP contribution in [-0.4, -0.2) is 42.4 Å². The van der Waals surface area contributed by atoms with Crippen LogP contribution in [0.5, 0.6) is 5.75 Å². The Morgan fingerprint density at radius 2 is 1.71 bits per heavy atom. The van der Waals surface area contributed by atoms with Crippen LogP contribution in [0.3, 0.4) is 0 Å². The molecule has 0 atom stereocenters. The molecule has 7 nitrogen and oxygen atoms in total. The first-order valence-electron chi connectivity index (χ1n) is 11.9. The maximum Gasteiger partial charge on any atom is 0.243 e. The molecule has 3 aromatic rings. The van der Waals surface area contributed by atoms with Gasteiger partial charge in [0.2, 0.25) is 15.9 Å². The predicted molar refractivity (Wildman–Crippen MR) is 133 cm³/mol. The number of hydrogen-bond acceptors (Lipinski definition) is 4. The summed E-state index contributed by atoms with van der Waals surface area (Å²) in [6.07, 6.45) is 5.91. The molecule has 0 bridgehead atoms. The van der Waals surface area contributed by atoms with Gasteiger partial charge in [-0.05, 0) is 68.7 Å². The summed E-state index contributed by atoms with van der Waals surface area (Å²) >= 11 is 0. The van der Waals surface area contributed by atoms with E-state index in [4.69, 9.17) is 4.74 Å². The van der Waals surface area contributed by atoms with Crippen molar-refractivity contribution in [2.24, 2.45) is 0 Å². The zero-order valence-electron chi connectivity index (χ0n) is 19.9. The van der Waals surface area contributed by atoms with Crippen LogP contribution in [0.4, 0.5) is 0 Å². The van der Waals surface area contributed by atoms with E-state index >= 15 is 0 Å². The minimum absolute atomic E-state index is 0.110. The van der Waals surface area contributed by atoms with E-state index in [1.54, 1.807) is 22.5 Å². The lowest BCUT2D eigenvalue weighted by atomic mass is 10.2. The smallest absolute Gasteiger partial charge is 0.243 e. The van der Waals surface area contributed by atoms with Gasteiger partial charge >= 0.3 is 0 Å². The van der Waals surface area contributed by atoms with Gasteiger partial charge in [-0.15, -0.1) is 0 Å². The normalized spacial score (nSPS) is 15.4. The first-order valence-corrected chi connectivity index (χ1v) is 13.4. The average molecular weight is 484 g/mol. The van der Waals surface area contributed by atoms with Crippen molar-refractivity contribution >= 4 is 26.8 Å². The molecule has 0 aliphatic carbocycles. The van der Waals surface area contributed by atoms with E-state index < -0.39 is 10.0 Å². The van der Waals surface area contributed by atoms with Crippen molar-refractivity contribution in [1.29, 1.82) is 0 Å². The fourth-order valence-corrected chi connectivity index (χ4v) is 5.83. The van der Waals surface area contributed by atoms with E-state index in [-0.39, 0.29) is 18.6 Å². The number of rotatable bonds is 8. The monoisotopic (exact) mass is 483 g/mol. The molecule has 8 heteroatoms. The van der Waals surface area contributed by atoms with Gasteiger partial charge in [-0.1, -0.05) is 25.0 Å². The standard InChI is InChI=1S/C26H33N3O4S/c1-20(2)33-23-9-7-21(8-10-23)18-27-26(30)19-28-16-13-22-17-24(11-12-25(22)28)34(31,32)29-14-5-3-4-6-15-29/h7-13,16-17,20H,3-6,14-15,18-19H2,1-2H3,(H,27,30). The minimum Gasteiger partial charge on any atom is -0.491 e. The largest absolute Gasteiger partial charge is 0.491 e. The lowest BCUT2D eigenvalue weighted by Crippen LogP contribution is -2.31. The Bertz CT molecular complexity index is 1220. The molecule has 0 radical (unpaired) electrons. The van der Waals surface area contributed by atoms with Crippen molar-refractivity contribution in [1.82, 2.24) is 14.2 Å². The van der Waals surface area contributed by atoms with Crippen molar-refractivity contribution in [2.45, 2.75) is 63.6 Å². The number of nitrogens with zero attached hydrogens (tertiary/aromatic N) is 2. The van der Waals surface area contributed by atoms with Gasteiger partial charge in [0.15, 0.2) is 0 Å². The van der Waals surface area contributed by atoms with Crippen molar-refractivity contribution in [3.05, 3.63) is 60.3 Å². The average Bonchev–Trinajstić information content (AvgIpc) is 3.01. The van der Waals surface area contributed by atoms with E-state index in [0.717, 1.165) is 47.9 Å². The molecule has 34 heavy (non-hydrogen) atoms. The van der Waals surface area contributed by atoms with Crippen LogP contribution in [0.15, 0.2) is 59.6 Å². The molecule has 2 heterocycles. The Labute approximate surface area is 201 Å². The Morgan fingerprint density at radius 3 is 2.38 bits per heavy atom. The molecule has 1 saturated heterocycles. The molecule has 4 rings (SSSR count). The van der Waals surface area contributed by atoms with Crippen molar-refractivity contribution in [3.8, 4) is 5.75 Å². The summed E-state index contributed by atoms with van der Waals surface area (Å²) in [5, 5.41) is 3.75. The van der Waals surface area contributed by atoms with Crippen molar-refractivity contribution < 1.29 is 17.9 Å². The molecule has 1 amide bonds. The van der Waals surface area contributed by atoms with E-state index in [1.807, 2.05) is 54.9 Å². The highest BCUT2D eigenvalue weighted by atomic mass is 32.2. The number of ether oxygens (including phenoxy) is 1. The van der Waals surface area contributed by atoms with Crippen LogP contribution in [0, 0.1) is 0 Å². The molecule has 1 N–H and O–H groups in total. The second kappa shape index (κ2) is 10.6. The summed E-state index contributed by atoms with van der Waals surface area (Å²) in [6.45, 7) is 5.71. The lowest BCUT2D eigenvalue weighted by Gasteiger charge is -2.20. The molecule has 1 fully saturated rings. The summed E-state index contributed by atoms with van der Waals surface area (Å²) in [5.41, 5.74) is 1.82. The third kappa shape index (κ3) is 5.80. The SMILES string of the molecule is CC(C)Oc1ccc(CNC(=O)Cn2ccc3cc(S(=O)(=O)N4CCCCCC4)ccc32)cc1. The van der Waals surface area contributed by atoms with Gasteiger partial charge in [0, 0.05) is 36.7 Å². The summed E-state index contributed by atoms with van der Waals surface area (Å²) in [4.78, 5) is 12.9. The quantitative estimate of drug-likeness (QED) is 0.518. The van der Waals surface area contributed by atoms with E-state index in [9.17, 15) is 13.2 Å². The molecule has 0 spiro atoms. The van der Waals surface area contributed by atoms with Crippen LogP contribution >= 0.6 is 0 Å². The number of amides is 1. The maximum atomic E-state index is 13.1. The highest BCUT2D eigenvalue weighted by Gasteiger charge is 2.25. The van der Waals surface area contributed by atoms with E-state index in [2.05, 4.69) is 5.32 Å². The Hall–Kier alpha value is -2.84. The second-order valence-corrected chi connectivity index (χ2v) is 11.0. The van der Waals surface area contributed by atoms with Gasteiger partial charge in [-0.25, -0.2) is 8.42 Å². The minimum atomic E-state index is -3.50. The van der Waals surface area contributed by atoms with Crippen LogP contribution in [0.2, 0.25) is 0 Å². The first kappa shape index (κ1) is 24.3. The Morgan fingerprint density at radius 1 is 1.00 bits per heavy atom. The fourth-order valence-electron chi connectivity index (χ4n) is 4.28. The molecule has 182 valence electrons. The third-order valence-electron chi connectivity index (χ3n) is 6.04. The fraction of sp³-hybridized carbons (Fsp3) is 0.423. The molecule has 2 aromatic carbocycles. The van der Waals surface area contributed by atoms with E-state index in [0.29, 0.717) is 24.5 Å². The summed E-state index contributed by atoms with van der Waals surface area (Å²) in [7, 11) is -3.50. The highest BCUT2D eigenvalue weighted by Crippen LogP contribution is 2.25.